The Bertz CT molecular complexity index is 861. The zero-order valence-electron chi connectivity index (χ0n) is 14.5. The third-order valence-corrected chi connectivity index (χ3v) is 3.76. The summed E-state index contributed by atoms with van der Waals surface area (Å²) in [4.78, 5) is 24.5. The molecule has 7 nitrogen and oxygen atoms in total. The monoisotopic (exact) mass is 350 g/mol. The zero-order valence-corrected chi connectivity index (χ0v) is 14.5. The number of hydrogen-bond acceptors (Lipinski definition) is 6. The molecular formula is C19H18N4O3. The highest BCUT2D eigenvalue weighted by molar-refractivity contribution is 6.07. The van der Waals surface area contributed by atoms with Crippen molar-refractivity contribution in [3.63, 3.8) is 0 Å². The molecule has 0 saturated carbocycles. The number of rotatable bonds is 6. The van der Waals surface area contributed by atoms with Gasteiger partial charge in [-0.3, -0.25) is 9.78 Å². The molecule has 2 heterocycles. The summed E-state index contributed by atoms with van der Waals surface area (Å²) in [6.45, 7) is 0. The number of pyridine rings is 1. The van der Waals surface area contributed by atoms with E-state index in [9.17, 15) is 4.79 Å². The van der Waals surface area contributed by atoms with E-state index in [1.807, 2.05) is 36.4 Å². The van der Waals surface area contributed by atoms with E-state index >= 15 is 0 Å². The minimum atomic E-state index is -0.402. The number of ether oxygens (including phenoxy) is 2. The quantitative estimate of drug-likeness (QED) is 0.736. The number of methoxy groups -OCH3 is 2. The molecular weight excluding hydrogens is 332 g/mol. The molecule has 132 valence electrons. The first-order chi connectivity index (χ1) is 12.7. The summed E-state index contributed by atoms with van der Waals surface area (Å²) in [5, 5.41) is 2.81. The molecule has 0 aliphatic carbocycles. The molecule has 0 radical (unpaired) electrons. The van der Waals surface area contributed by atoms with Crippen LogP contribution in [-0.4, -0.2) is 35.1 Å². The van der Waals surface area contributed by atoms with Crippen LogP contribution >= 0.6 is 0 Å². The van der Waals surface area contributed by atoms with Gasteiger partial charge in [0.1, 0.15) is 6.33 Å². The topological polar surface area (TPSA) is 86.2 Å². The number of aromatic nitrogens is 3. The van der Waals surface area contributed by atoms with Gasteiger partial charge in [-0.25, -0.2) is 9.97 Å². The van der Waals surface area contributed by atoms with Crippen molar-refractivity contribution in [2.75, 3.05) is 19.5 Å². The number of nitrogens with one attached hydrogen (secondary N) is 1. The van der Waals surface area contributed by atoms with Gasteiger partial charge in [0.05, 0.1) is 14.2 Å². The fourth-order valence-corrected chi connectivity index (χ4v) is 2.49. The molecule has 1 N–H and O–H groups in total. The first-order valence-electron chi connectivity index (χ1n) is 7.93. The Kier molecular flexibility index (Phi) is 5.38. The summed E-state index contributed by atoms with van der Waals surface area (Å²) in [6.07, 6.45) is 5.62. The third-order valence-electron chi connectivity index (χ3n) is 3.76. The van der Waals surface area contributed by atoms with Gasteiger partial charge in [-0.05, 0) is 41.8 Å². The maximum Gasteiger partial charge on any atom is 0.266 e. The van der Waals surface area contributed by atoms with Crippen LogP contribution in [-0.2, 0) is 6.42 Å². The SMILES string of the molecule is COc1ncnc(OC)c1C(=O)Nc1ccc(Cc2ccncc2)cc1. The predicted octanol–water partition coefficient (Wildman–Crippen LogP) is 2.73. The second kappa shape index (κ2) is 8.06. The van der Waals surface area contributed by atoms with Crippen LogP contribution in [0.5, 0.6) is 11.8 Å². The smallest absolute Gasteiger partial charge is 0.266 e. The van der Waals surface area contributed by atoms with E-state index in [0.29, 0.717) is 5.69 Å². The first kappa shape index (κ1) is 17.3. The Hall–Kier alpha value is -3.48. The lowest BCUT2D eigenvalue weighted by Crippen LogP contribution is -2.16. The number of benzene rings is 1. The minimum absolute atomic E-state index is 0.151. The Balaban J connectivity index is 1.74. The van der Waals surface area contributed by atoms with Crippen molar-refractivity contribution >= 4 is 11.6 Å². The number of nitrogens with zero attached hydrogens (tertiary/aromatic N) is 3. The normalized spacial score (nSPS) is 10.2. The Labute approximate surface area is 151 Å². The summed E-state index contributed by atoms with van der Waals surface area (Å²) < 4.78 is 10.3. The highest BCUT2D eigenvalue weighted by Crippen LogP contribution is 2.24. The van der Waals surface area contributed by atoms with Crippen LogP contribution in [0.25, 0.3) is 0 Å². The van der Waals surface area contributed by atoms with Crippen LogP contribution in [0.1, 0.15) is 21.5 Å². The number of carbonyl (C=O) groups is 1. The van der Waals surface area contributed by atoms with Crippen LogP contribution < -0.4 is 14.8 Å². The van der Waals surface area contributed by atoms with E-state index in [1.54, 1.807) is 12.4 Å². The second-order valence-corrected chi connectivity index (χ2v) is 5.45. The summed E-state index contributed by atoms with van der Waals surface area (Å²) in [7, 11) is 2.87. The lowest BCUT2D eigenvalue weighted by molar-refractivity contribution is 0.101. The molecule has 0 aliphatic heterocycles. The molecule has 0 atom stereocenters. The zero-order chi connectivity index (χ0) is 18.4. The highest BCUT2D eigenvalue weighted by atomic mass is 16.5. The first-order valence-corrected chi connectivity index (χ1v) is 7.93. The number of anilines is 1. The van der Waals surface area contributed by atoms with Crippen molar-refractivity contribution in [2.45, 2.75) is 6.42 Å². The van der Waals surface area contributed by atoms with Gasteiger partial charge in [-0.2, -0.15) is 0 Å². The predicted molar refractivity (Wildman–Crippen MR) is 96.6 cm³/mol. The van der Waals surface area contributed by atoms with Crippen LogP contribution in [0, 0.1) is 0 Å². The lowest BCUT2D eigenvalue weighted by atomic mass is 10.1. The average molecular weight is 350 g/mol. The minimum Gasteiger partial charge on any atom is -0.480 e. The van der Waals surface area contributed by atoms with Crippen LogP contribution in [0.3, 0.4) is 0 Å². The van der Waals surface area contributed by atoms with Gasteiger partial charge in [-0.1, -0.05) is 12.1 Å². The average Bonchev–Trinajstić information content (AvgIpc) is 2.69. The van der Waals surface area contributed by atoms with Gasteiger partial charge in [0.15, 0.2) is 5.56 Å². The second-order valence-electron chi connectivity index (χ2n) is 5.45. The van der Waals surface area contributed by atoms with Gasteiger partial charge in [0.25, 0.3) is 5.91 Å². The molecule has 7 heteroatoms. The van der Waals surface area contributed by atoms with Gasteiger partial charge < -0.3 is 14.8 Å². The van der Waals surface area contributed by atoms with Crippen molar-refractivity contribution < 1.29 is 14.3 Å². The number of carbonyl (C=O) groups excluding carboxylic acids is 1. The Morgan fingerprint density at radius 2 is 1.50 bits per heavy atom. The van der Waals surface area contributed by atoms with Crippen LogP contribution in [0.2, 0.25) is 0 Å². The molecule has 3 rings (SSSR count). The number of hydrogen-bond donors (Lipinski definition) is 1. The van der Waals surface area contributed by atoms with Crippen LogP contribution in [0.15, 0.2) is 55.1 Å². The van der Waals surface area contributed by atoms with Crippen LogP contribution in [0.4, 0.5) is 5.69 Å². The van der Waals surface area contributed by atoms with Crippen molar-refractivity contribution in [1.82, 2.24) is 15.0 Å². The molecule has 0 spiro atoms. The third kappa shape index (κ3) is 3.94. The molecule has 0 aliphatic rings. The van der Waals surface area contributed by atoms with E-state index in [4.69, 9.17) is 9.47 Å². The van der Waals surface area contributed by atoms with Gasteiger partial charge in [0, 0.05) is 18.1 Å². The largest absolute Gasteiger partial charge is 0.480 e. The van der Waals surface area contributed by atoms with Crippen molar-refractivity contribution in [2.24, 2.45) is 0 Å². The summed E-state index contributed by atoms with van der Waals surface area (Å²) in [5.41, 5.74) is 3.11. The lowest BCUT2D eigenvalue weighted by Gasteiger charge is -2.11. The van der Waals surface area contributed by atoms with E-state index in [-0.39, 0.29) is 17.3 Å². The highest BCUT2D eigenvalue weighted by Gasteiger charge is 2.21. The summed E-state index contributed by atoms with van der Waals surface area (Å²) in [5.74, 6) is -0.0894. The van der Waals surface area contributed by atoms with Gasteiger partial charge in [-0.15, -0.1) is 0 Å². The fraction of sp³-hybridized carbons (Fsp3) is 0.158. The van der Waals surface area contributed by atoms with E-state index < -0.39 is 5.91 Å². The van der Waals surface area contributed by atoms with E-state index in [2.05, 4.69) is 20.3 Å². The van der Waals surface area contributed by atoms with Gasteiger partial charge >= 0.3 is 0 Å². The maximum atomic E-state index is 12.6. The number of amides is 1. The molecule has 0 fully saturated rings. The Morgan fingerprint density at radius 1 is 0.923 bits per heavy atom. The fourth-order valence-electron chi connectivity index (χ4n) is 2.49. The molecule has 0 bridgehead atoms. The molecule has 2 aromatic heterocycles. The molecule has 26 heavy (non-hydrogen) atoms. The molecule has 0 unspecified atom stereocenters. The molecule has 1 amide bonds. The molecule has 0 saturated heterocycles. The van der Waals surface area contributed by atoms with Gasteiger partial charge in [0.2, 0.25) is 11.8 Å². The Morgan fingerprint density at radius 3 is 2.08 bits per heavy atom. The van der Waals surface area contributed by atoms with E-state index in [1.165, 1.54) is 26.1 Å². The maximum absolute atomic E-state index is 12.6. The van der Waals surface area contributed by atoms with Crippen molar-refractivity contribution in [1.29, 1.82) is 0 Å². The summed E-state index contributed by atoms with van der Waals surface area (Å²) in [6, 6.07) is 11.6. The van der Waals surface area contributed by atoms with E-state index in [0.717, 1.165) is 12.0 Å². The van der Waals surface area contributed by atoms with Crippen molar-refractivity contribution in [3.05, 3.63) is 71.8 Å². The molecule has 1 aromatic carbocycles. The standard InChI is InChI=1S/C19H18N4O3/c1-25-18-16(19(26-2)22-12-21-18)17(24)23-15-5-3-13(4-6-15)11-14-7-9-20-10-8-14/h3-10,12H,11H2,1-2H3,(H,23,24). The molecule has 3 aromatic rings. The summed E-state index contributed by atoms with van der Waals surface area (Å²) >= 11 is 0. The van der Waals surface area contributed by atoms with Crippen molar-refractivity contribution in [3.8, 4) is 11.8 Å².